The lowest BCUT2D eigenvalue weighted by atomic mass is 10.2. The highest BCUT2D eigenvalue weighted by Crippen LogP contribution is 2.23. The topological polar surface area (TPSA) is 93.7 Å². The third-order valence-corrected chi connectivity index (χ3v) is 6.05. The largest absolute Gasteiger partial charge is 0.493 e. The van der Waals surface area contributed by atoms with E-state index in [2.05, 4.69) is 35.3 Å². The lowest BCUT2D eigenvalue weighted by Crippen LogP contribution is -2.50. The zero-order valence-electron chi connectivity index (χ0n) is 25.3. The fourth-order valence-electron chi connectivity index (χ4n) is 4.22. The van der Waals surface area contributed by atoms with Crippen molar-refractivity contribution < 1.29 is 23.5 Å². The number of fused-ring (bicyclic) bond motifs is 1. The van der Waals surface area contributed by atoms with Gasteiger partial charge in [0.05, 0.1) is 24.2 Å². The number of rotatable bonds is 4. The van der Waals surface area contributed by atoms with Crippen molar-refractivity contribution in [2.75, 3.05) is 38.2 Å². The molecule has 3 aromatic rings. The number of pyridine rings is 2. The van der Waals surface area contributed by atoms with Crippen molar-refractivity contribution in [3.63, 3.8) is 0 Å². The van der Waals surface area contributed by atoms with Crippen LogP contribution in [0, 0.1) is 12.7 Å². The number of ether oxygens (including phenoxy) is 2. The molecular weight excluding hydrogens is 527 g/mol. The van der Waals surface area contributed by atoms with Crippen LogP contribution >= 0.6 is 0 Å². The number of imidazole rings is 1. The maximum absolute atomic E-state index is 14.6. The minimum Gasteiger partial charge on any atom is -0.493 e. The van der Waals surface area contributed by atoms with Crippen LogP contribution in [0.5, 0.6) is 5.75 Å². The first-order valence-corrected chi connectivity index (χ1v) is 13.7. The number of nitrogens with zero attached hydrogens (tertiary/aromatic N) is 6. The Balaban J connectivity index is 0.00000147. The van der Waals surface area contributed by atoms with Gasteiger partial charge in [0.2, 0.25) is 5.91 Å². The minimum absolute atomic E-state index is 0.214. The summed E-state index contributed by atoms with van der Waals surface area (Å²) in [4.78, 5) is 37.5. The summed E-state index contributed by atoms with van der Waals surface area (Å²) in [5, 5.41) is 0. The van der Waals surface area contributed by atoms with E-state index in [4.69, 9.17) is 9.47 Å². The van der Waals surface area contributed by atoms with Gasteiger partial charge in [-0.25, -0.2) is 19.2 Å². The fourth-order valence-corrected chi connectivity index (χ4v) is 4.22. The summed E-state index contributed by atoms with van der Waals surface area (Å²) in [7, 11) is 1.49. The number of aryl methyl sites for hydroxylation is 1. The van der Waals surface area contributed by atoms with Gasteiger partial charge in [0, 0.05) is 63.3 Å². The summed E-state index contributed by atoms with van der Waals surface area (Å²) in [5.41, 5.74) is 2.01. The molecule has 1 amide bonds. The molecule has 1 aliphatic rings. The number of anilines is 1. The molecule has 222 valence electrons. The predicted octanol–water partition coefficient (Wildman–Crippen LogP) is 5.30. The predicted molar refractivity (Wildman–Crippen MR) is 158 cm³/mol. The van der Waals surface area contributed by atoms with Crippen molar-refractivity contribution in [1.29, 1.82) is 0 Å². The number of amides is 1. The monoisotopic (exact) mass is 568 g/mol. The lowest BCUT2D eigenvalue weighted by molar-refractivity contribution is 0.0240. The average Bonchev–Trinajstić information content (AvgIpc) is 3.29. The molecule has 10 nitrogen and oxygen atoms in total. The zero-order chi connectivity index (χ0) is 30.5. The molecule has 11 heteroatoms. The standard InChI is InChI=1S/C27H33FN6O4.C3H8/c1-17-14-33-15-20(12-22(28)24(33)29-17)18(2)30-25-23(37-7)13-21(16-34(25)19(3)35)31-8-10-32(11-9-31)26(36)38-27(4,5)6;1-3-2/h12-16H,2,8-11H2,1,3-7H3;3H2,1-2H3. The SMILES string of the molecule is C=C(N=c1c(OC)cc(N2CCN(C(=O)OC(C)(C)C)CC2)cn1C(C)=O)c1cc(F)c2nc(C)cn2c1.CCC. The number of hydrogen-bond acceptors (Lipinski definition) is 7. The van der Waals surface area contributed by atoms with Crippen LogP contribution in [0.2, 0.25) is 0 Å². The smallest absolute Gasteiger partial charge is 0.410 e. The van der Waals surface area contributed by atoms with Crippen molar-refractivity contribution in [3.8, 4) is 5.75 Å². The van der Waals surface area contributed by atoms with Gasteiger partial charge in [-0.1, -0.05) is 26.8 Å². The highest BCUT2D eigenvalue weighted by molar-refractivity contribution is 5.78. The first-order valence-electron chi connectivity index (χ1n) is 13.7. The average molecular weight is 569 g/mol. The van der Waals surface area contributed by atoms with Gasteiger partial charge in [-0.3, -0.25) is 9.36 Å². The van der Waals surface area contributed by atoms with Gasteiger partial charge in [0.15, 0.2) is 22.7 Å². The van der Waals surface area contributed by atoms with Crippen LogP contribution in [-0.4, -0.2) is 69.7 Å². The molecule has 1 fully saturated rings. The highest BCUT2D eigenvalue weighted by Gasteiger charge is 2.26. The normalized spacial score (nSPS) is 14.0. The maximum Gasteiger partial charge on any atom is 0.410 e. The fraction of sp³-hybridized carbons (Fsp3) is 0.467. The molecule has 0 unspecified atom stereocenters. The van der Waals surface area contributed by atoms with Crippen molar-refractivity contribution in [2.45, 2.75) is 60.5 Å². The number of aromatic nitrogens is 3. The molecule has 0 N–H and O–H groups in total. The minimum atomic E-state index is -0.562. The quantitative estimate of drug-likeness (QED) is 0.424. The van der Waals surface area contributed by atoms with Gasteiger partial charge in [-0.15, -0.1) is 0 Å². The molecule has 0 aromatic carbocycles. The van der Waals surface area contributed by atoms with E-state index in [0.717, 1.165) is 5.69 Å². The Morgan fingerprint density at radius 3 is 2.29 bits per heavy atom. The molecule has 3 aromatic heterocycles. The van der Waals surface area contributed by atoms with Crippen molar-refractivity contribution in [3.05, 3.63) is 59.9 Å². The lowest BCUT2D eigenvalue weighted by Gasteiger charge is -2.37. The van der Waals surface area contributed by atoms with Crippen molar-refractivity contribution in [2.24, 2.45) is 4.99 Å². The van der Waals surface area contributed by atoms with E-state index in [1.807, 2.05) is 20.8 Å². The van der Waals surface area contributed by atoms with E-state index in [-0.39, 0.29) is 28.8 Å². The van der Waals surface area contributed by atoms with Gasteiger partial charge in [0.25, 0.3) is 0 Å². The van der Waals surface area contributed by atoms with E-state index in [0.29, 0.717) is 43.2 Å². The second-order valence-electron chi connectivity index (χ2n) is 10.9. The van der Waals surface area contributed by atoms with E-state index in [1.54, 1.807) is 40.9 Å². The molecule has 0 radical (unpaired) electrons. The Bertz CT molecular complexity index is 1490. The number of carbonyl (C=O) groups is 2. The molecule has 4 rings (SSSR count). The number of methoxy groups -OCH3 is 1. The number of hydrogen-bond donors (Lipinski definition) is 0. The molecule has 1 saturated heterocycles. The molecule has 0 saturated carbocycles. The molecule has 0 atom stereocenters. The Morgan fingerprint density at radius 2 is 1.73 bits per heavy atom. The van der Waals surface area contributed by atoms with Crippen LogP contribution in [0.15, 0.2) is 42.3 Å². The van der Waals surface area contributed by atoms with E-state index < -0.39 is 11.4 Å². The van der Waals surface area contributed by atoms with E-state index >= 15 is 0 Å². The molecule has 0 spiro atoms. The molecule has 1 aliphatic heterocycles. The van der Waals surface area contributed by atoms with Gasteiger partial charge in [-0.05, 0) is 33.8 Å². The second-order valence-corrected chi connectivity index (χ2v) is 10.9. The van der Waals surface area contributed by atoms with Gasteiger partial charge >= 0.3 is 6.09 Å². The maximum atomic E-state index is 14.6. The van der Waals surface area contributed by atoms with Crippen LogP contribution in [0.1, 0.15) is 64.0 Å². The number of halogens is 1. The molecule has 0 aliphatic carbocycles. The summed E-state index contributed by atoms with van der Waals surface area (Å²) in [6.07, 6.45) is 5.99. The van der Waals surface area contributed by atoms with Crippen LogP contribution < -0.4 is 15.1 Å². The zero-order valence-corrected chi connectivity index (χ0v) is 25.3. The van der Waals surface area contributed by atoms with E-state index in [1.165, 1.54) is 31.1 Å². The molecule has 0 bridgehead atoms. The summed E-state index contributed by atoms with van der Waals surface area (Å²) in [6, 6.07) is 3.11. The summed E-state index contributed by atoms with van der Waals surface area (Å²) in [6.45, 7) is 19.0. The number of carbonyl (C=O) groups excluding carboxylic acids is 2. The van der Waals surface area contributed by atoms with Crippen molar-refractivity contribution >= 4 is 29.0 Å². The van der Waals surface area contributed by atoms with Crippen LogP contribution in [-0.2, 0) is 4.74 Å². The van der Waals surface area contributed by atoms with E-state index in [9.17, 15) is 14.0 Å². The van der Waals surface area contributed by atoms with Gasteiger partial charge in [-0.2, -0.15) is 0 Å². The second kappa shape index (κ2) is 13.0. The molecule has 4 heterocycles. The highest BCUT2D eigenvalue weighted by atomic mass is 19.1. The Hall–Kier alpha value is -4.15. The Kier molecular flexibility index (Phi) is 9.96. The summed E-state index contributed by atoms with van der Waals surface area (Å²) >= 11 is 0. The number of piperazine rings is 1. The van der Waals surface area contributed by atoms with Crippen LogP contribution in [0.3, 0.4) is 0 Å². The first kappa shape index (κ1) is 31.4. The van der Waals surface area contributed by atoms with Gasteiger partial charge < -0.3 is 23.7 Å². The molecule has 41 heavy (non-hydrogen) atoms. The summed E-state index contributed by atoms with van der Waals surface area (Å²) in [5.74, 6) is -0.427. The summed E-state index contributed by atoms with van der Waals surface area (Å²) < 4.78 is 28.7. The third-order valence-electron chi connectivity index (χ3n) is 6.05. The third kappa shape index (κ3) is 7.74. The first-order chi connectivity index (χ1) is 19.3. The van der Waals surface area contributed by atoms with Crippen LogP contribution in [0.4, 0.5) is 14.9 Å². The van der Waals surface area contributed by atoms with Gasteiger partial charge in [0.1, 0.15) is 5.60 Å². The Labute approximate surface area is 240 Å². The van der Waals surface area contributed by atoms with Crippen molar-refractivity contribution in [1.82, 2.24) is 18.9 Å². The Morgan fingerprint density at radius 1 is 1.10 bits per heavy atom. The van der Waals surface area contributed by atoms with Crippen LogP contribution in [0.25, 0.3) is 11.3 Å². The molecular formula is C30H41FN6O4.